The van der Waals surface area contributed by atoms with Crippen molar-refractivity contribution in [1.82, 2.24) is 25.1 Å². The Balaban J connectivity index is 1.63. The van der Waals surface area contributed by atoms with Gasteiger partial charge in [-0.25, -0.2) is 9.97 Å². The Labute approximate surface area is 173 Å². The van der Waals surface area contributed by atoms with Crippen LogP contribution in [-0.2, 0) is 0 Å². The molecule has 3 aromatic rings. The SMILES string of the molecule is [C-]#[N+]c1cnc(Nc2cc(-c3c(O[C@@H]4CC[C@H](N)C4)cc(C)nc3OC)[nH]n2)cn1. The second kappa shape index (κ2) is 8.34. The van der Waals surface area contributed by atoms with Crippen molar-refractivity contribution in [2.45, 2.75) is 38.3 Å². The van der Waals surface area contributed by atoms with E-state index in [1.165, 1.54) is 12.4 Å². The summed E-state index contributed by atoms with van der Waals surface area (Å²) in [6.45, 7) is 8.84. The molecule has 1 aliphatic carbocycles. The van der Waals surface area contributed by atoms with Crippen molar-refractivity contribution >= 4 is 17.5 Å². The third kappa shape index (κ3) is 4.16. The molecule has 0 aliphatic heterocycles. The number of aryl methyl sites for hydroxylation is 1. The molecule has 0 bridgehead atoms. The number of methoxy groups -OCH3 is 1. The molecule has 154 valence electrons. The Kier molecular flexibility index (Phi) is 5.45. The fourth-order valence-electron chi connectivity index (χ4n) is 3.45. The lowest BCUT2D eigenvalue weighted by molar-refractivity contribution is 0.208. The zero-order valence-corrected chi connectivity index (χ0v) is 16.7. The van der Waals surface area contributed by atoms with Crippen molar-refractivity contribution in [3.05, 3.63) is 41.6 Å². The molecule has 0 saturated heterocycles. The normalized spacial score (nSPS) is 18.1. The number of aromatic amines is 1. The van der Waals surface area contributed by atoms with Gasteiger partial charge in [0.15, 0.2) is 17.8 Å². The molecule has 1 aliphatic rings. The van der Waals surface area contributed by atoms with Crippen LogP contribution in [0.2, 0.25) is 0 Å². The molecule has 30 heavy (non-hydrogen) atoms. The standard InChI is InChI=1S/C20H22N8O2/c1-11-6-15(30-13-5-4-12(21)7-13)19(20(25-11)29-3)14-8-16(28-27-14)26-18-10-23-17(22-2)9-24-18/h6,8-10,12-13H,4-5,7,21H2,1,3H3,(H2,24,26,27,28)/t12-,13+/m0/s1. The molecule has 4 rings (SSSR count). The largest absolute Gasteiger partial charge is 0.489 e. The monoisotopic (exact) mass is 406 g/mol. The average Bonchev–Trinajstić information content (AvgIpc) is 3.37. The molecule has 0 aromatic carbocycles. The van der Waals surface area contributed by atoms with Crippen LogP contribution in [0.25, 0.3) is 16.1 Å². The Morgan fingerprint density at radius 1 is 1.23 bits per heavy atom. The molecule has 10 heteroatoms. The summed E-state index contributed by atoms with van der Waals surface area (Å²) in [4.78, 5) is 15.9. The number of nitrogens with two attached hydrogens (primary N) is 1. The van der Waals surface area contributed by atoms with Crippen LogP contribution in [0.4, 0.5) is 17.5 Å². The third-order valence-corrected chi connectivity index (χ3v) is 4.85. The predicted octanol–water partition coefficient (Wildman–Crippen LogP) is 3.13. The molecule has 0 amide bonds. The van der Waals surface area contributed by atoms with Crippen LogP contribution in [0.5, 0.6) is 11.6 Å². The summed E-state index contributed by atoms with van der Waals surface area (Å²) in [5.74, 6) is 2.36. The van der Waals surface area contributed by atoms with E-state index in [0.717, 1.165) is 25.0 Å². The smallest absolute Gasteiger partial charge is 0.288 e. The average molecular weight is 406 g/mol. The molecular weight excluding hydrogens is 384 g/mol. The maximum atomic E-state index is 6.95. The maximum absolute atomic E-state index is 6.95. The van der Waals surface area contributed by atoms with Crippen LogP contribution in [0, 0.1) is 13.5 Å². The van der Waals surface area contributed by atoms with Gasteiger partial charge >= 0.3 is 0 Å². The van der Waals surface area contributed by atoms with E-state index in [4.69, 9.17) is 21.8 Å². The lowest BCUT2D eigenvalue weighted by Crippen LogP contribution is -2.19. The fraction of sp³-hybridized carbons (Fsp3) is 0.350. The van der Waals surface area contributed by atoms with Gasteiger partial charge < -0.3 is 25.4 Å². The number of ether oxygens (including phenoxy) is 2. The molecule has 3 aromatic heterocycles. The summed E-state index contributed by atoms with van der Waals surface area (Å²) >= 11 is 0. The summed E-state index contributed by atoms with van der Waals surface area (Å²) in [5, 5.41) is 10.3. The van der Waals surface area contributed by atoms with Crippen molar-refractivity contribution in [1.29, 1.82) is 0 Å². The Bertz CT molecular complexity index is 1070. The van der Waals surface area contributed by atoms with Crippen molar-refractivity contribution in [2.75, 3.05) is 12.4 Å². The highest BCUT2D eigenvalue weighted by Crippen LogP contribution is 2.39. The summed E-state index contributed by atoms with van der Waals surface area (Å²) in [6, 6.07) is 3.87. The summed E-state index contributed by atoms with van der Waals surface area (Å²) in [5.41, 5.74) is 8.21. The van der Waals surface area contributed by atoms with Crippen LogP contribution in [-0.4, -0.2) is 44.4 Å². The van der Waals surface area contributed by atoms with Gasteiger partial charge in [0, 0.05) is 23.9 Å². The second-order valence-electron chi connectivity index (χ2n) is 7.12. The number of H-pyrrole nitrogens is 1. The first-order valence-corrected chi connectivity index (χ1v) is 9.56. The first-order chi connectivity index (χ1) is 14.6. The number of hydrogen-bond donors (Lipinski definition) is 3. The minimum atomic E-state index is 0.0574. The van der Waals surface area contributed by atoms with Gasteiger partial charge in [0.1, 0.15) is 17.4 Å². The molecule has 10 nitrogen and oxygen atoms in total. The van der Waals surface area contributed by atoms with Crippen molar-refractivity contribution in [2.24, 2.45) is 5.73 Å². The number of pyridine rings is 1. The predicted molar refractivity (Wildman–Crippen MR) is 111 cm³/mol. The van der Waals surface area contributed by atoms with Crippen LogP contribution in [0.15, 0.2) is 24.5 Å². The second-order valence-corrected chi connectivity index (χ2v) is 7.12. The van der Waals surface area contributed by atoms with Gasteiger partial charge in [-0.15, -0.1) is 4.98 Å². The number of anilines is 2. The summed E-state index contributed by atoms with van der Waals surface area (Å²) < 4.78 is 11.8. The molecule has 1 saturated carbocycles. The zero-order chi connectivity index (χ0) is 21.1. The van der Waals surface area contributed by atoms with E-state index in [-0.39, 0.29) is 18.0 Å². The number of rotatable bonds is 6. The minimum absolute atomic E-state index is 0.0574. The van der Waals surface area contributed by atoms with E-state index < -0.39 is 0 Å². The third-order valence-electron chi connectivity index (χ3n) is 4.85. The van der Waals surface area contributed by atoms with Crippen molar-refractivity contribution in [3.63, 3.8) is 0 Å². The van der Waals surface area contributed by atoms with Crippen molar-refractivity contribution < 1.29 is 9.47 Å². The van der Waals surface area contributed by atoms with Crippen LogP contribution in [0.1, 0.15) is 25.0 Å². The van der Waals surface area contributed by atoms with Gasteiger partial charge in [0.2, 0.25) is 5.88 Å². The lowest BCUT2D eigenvalue weighted by Gasteiger charge is -2.18. The highest BCUT2D eigenvalue weighted by atomic mass is 16.5. The highest BCUT2D eigenvalue weighted by Gasteiger charge is 2.26. The number of nitrogens with one attached hydrogen (secondary N) is 2. The number of aromatic nitrogens is 5. The zero-order valence-electron chi connectivity index (χ0n) is 16.7. The summed E-state index contributed by atoms with van der Waals surface area (Å²) in [6.07, 6.45) is 5.62. The van der Waals surface area contributed by atoms with Gasteiger partial charge in [-0.3, -0.25) is 5.10 Å². The first-order valence-electron chi connectivity index (χ1n) is 9.56. The van der Waals surface area contributed by atoms with Gasteiger partial charge in [-0.05, 0) is 26.2 Å². The Hall–Kier alpha value is -3.71. The molecular formula is C20H22N8O2. The van der Waals surface area contributed by atoms with E-state index >= 15 is 0 Å². The molecule has 3 heterocycles. The lowest BCUT2D eigenvalue weighted by atomic mass is 10.1. The molecule has 0 radical (unpaired) electrons. The molecule has 2 atom stereocenters. The van der Waals surface area contributed by atoms with Gasteiger partial charge in [-0.2, -0.15) is 5.10 Å². The molecule has 4 N–H and O–H groups in total. The number of hydrogen-bond acceptors (Lipinski definition) is 8. The van der Waals surface area contributed by atoms with E-state index in [1.807, 2.05) is 19.1 Å². The van der Waals surface area contributed by atoms with E-state index in [0.29, 0.717) is 34.5 Å². The minimum Gasteiger partial charge on any atom is -0.489 e. The van der Waals surface area contributed by atoms with E-state index in [1.54, 1.807) is 7.11 Å². The topological polar surface area (TPSA) is 128 Å². The Morgan fingerprint density at radius 2 is 2.10 bits per heavy atom. The Morgan fingerprint density at radius 3 is 2.77 bits per heavy atom. The number of nitrogens with zero attached hydrogens (tertiary/aromatic N) is 5. The molecule has 0 spiro atoms. The quantitative estimate of drug-likeness (QED) is 0.533. The first kappa shape index (κ1) is 19.6. The van der Waals surface area contributed by atoms with Crippen molar-refractivity contribution in [3.8, 4) is 22.9 Å². The highest BCUT2D eigenvalue weighted by molar-refractivity contribution is 5.75. The van der Waals surface area contributed by atoms with Crippen LogP contribution < -0.4 is 20.5 Å². The van der Waals surface area contributed by atoms with Crippen LogP contribution >= 0.6 is 0 Å². The van der Waals surface area contributed by atoms with E-state index in [2.05, 4.69) is 35.3 Å². The summed E-state index contributed by atoms with van der Waals surface area (Å²) in [7, 11) is 1.57. The van der Waals surface area contributed by atoms with Gasteiger partial charge in [0.25, 0.3) is 5.82 Å². The molecule has 0 unspecified atom stereocenters. The van der Waals surface area contributed by atoms with E-state index in [9.17, 15) is 0 Å². The van der Waals surface area contributed by atoms with Gasteiger partial charge in [-0.1, -0.05) is 6.57 Å². The maximum Gasteiger partial charge on any atom is 0.288 e. The fourth-order valence-corrected chi connectivity index (χ4v) is 3.45. The van der Waals surface area contributed by atoms with Crippen LogP contribution in [0.3, 0.4) is 0 Å². The molecule has 1 fully saturated rings. The van der Waals surface area contributed by atoms with Gasteiger partial charge in [0.05, 0.1) is 19.0 Å².